The van der Waals surface area contributed by atoms with Crippen LogP contribution in [0.15, 0.2) is 16.6 Å². The molecule has 1 amide bonds. The molecule has 1 aromatic carbocycles. The average Bonchev–Trinajstić information content (AvgIpc) is 2.12. The lowest BCUT2D eigenvalue weighted by atomic mass is 10.2. The van der Waals surface area contributed by atoms with Crippen LogP contribution in [0.4, 0.5) is 5.69 Å². The molecule has 2 rings (SSSR count). The molecule has 0 aliphatic carbocycles. The van der Waals surface area contributed by atoms with Crippen molar-refractivity contribution in [2.45, 2.75) is 0 Å². The van der Waals surface area contributed by atoms with E-state index in [0.29, 0.717) is 5.75 Å². The molecule has 0 aromatic heterocycles. The molecule has 1 aromatic rings. The maximum Gasteiger partial charge on any atom is 0.264 e. The molecule has 0 N–H and O–H groups in total. The van der Waals surface area contributed by atoms with Gasteiger partial charge in [-0.1, -0.05) is 15.9 Å². The van der Waals surface area contributed by atoms with Crippen molar-refractivity contribution in [1.82, 2.24) is 0 Å². The fraction of sp³-hybridized carbons (Fsp3) is 0.222. The second kappa shape index (κ2) is 3.03. The second-order valence-electron chi connectivity index (χ2n) is 2.77. The minimum atomic E-state index is -0.0387. The summed E-state index contributed by atoms with van der Waals surface area (Å²) in [6.07, 6.45) is 0. The maximum atomic E-state index is 11.2. The van der Waals surface area contributed by atoms with Gasteiger partial charge in [0.05, 0.1) is 5.69 Å². The number of likely N-dealkylation sites (N-methyl/N-ethyl adjacent to an activating group) is 1. The van der Waals surface area contributed by atoms with Crippen molar-refractivity contribution in [3.8, 4) is 5.75 Å². The smallest absolute Gasteiger partial charge is 0.264 e. The van der Waals surface area contributed by atoms with Crippen LogP contribution in [0.5, 0.6) is 5.75 Å². The van der Waals surface area contributed by atoms with Crippen LogP contribution in [-0.2, 0) is 4.79 Å². The average molecular weight is 241 g/mol. The Kier molecular flexibility index (Phi) is 2.00. The first-order valence-electron chi connectivity index (χ1n) is 3.79. The van der Waals surface area contributed by atoms with Crippen LogP contribution in [0, 0.1) is 6.07 Å². The molecule has 67 valence electrons. The van der Waals surface area contributed by atoms with Crippen LogP contribution in [0.1, 0.15) is 0 Å². The van der Waals surface area contributed by atoms with Crippen LogP contribution < -0.4 is 9.64 Å². The van der Waals surface area contributed by atoms with Gasteiger partial charge in [-0.15, -0.1) is 0 Å². The highest BCUT2D eigenvalue weighted by molar-refractivity contribution is 9.10. The molecule has 1 aliphatic heterocycles. The summed E-state index contributed by atoms with van der Waals surface area (Å²) in [4.78, 5) is 12.8. The van der Waals surface area contributed by atoms with Gasteiger partial charge in [0.25, 0.3) is 5.91 Å². The summed E-state index contributed by atoms with van der Waals surface area (Å²) < 4.78 is 6.07. The first-order chi connectivity index (χ1) is 6.18. The SMILES string of the molecule is CN1C(=O)COc2cc(Br)[c]cc21. The number of benzene rings is 1. The van der Waals surface area contributed by atoms with Gasteiger partial charge < -0.3 is 9.64 Å². The summed E-state index contributed by atoms with van der Waals surface area (Å²) in [5.41, 5.74) is 0.763. The summed E-state index contributed by atoms with van der Waals surface area (Å²) in [7, 11) is 1.73. The second-order valence-corrected chi connectivity index (χ2v) is 3.63. The van der Waals surface area contributed by atoms with Gasteiger partial charge in [-0.05, 0) is 18.2 Å². The van der Waals surface area contributed by atoms with Crippen LogP contribution in [-0.4, -0.2) is 19.6 Å². The minimum absolute atomic E-state index is 0.0387. The van der Waals surface area contributed by atoms with E-state index in [1.54, 1.807) is 24.1 Å². The third-order valence-electron chi connectivity index (χ3n) is 1.94. The van der Waals surface area contributed by atoms with Crippen LogP contribution in [0.3, 0.4) is 0 Å². The Balaban J connectivity index is 2.49. The number of hydrogen-bond donors (Lipinski definition) is 0. The van der Waals surface area contributed by atoms with Gasteiger partial charge in [0.1, 0.15) is 5.75 Å². The zero-order valence-corrected chi connectivity index (χ0v) is 8.59. The lowest BCUT2D eigenvalue weighted by molar-refractivity contribution is -0.120. The molecular formula is C9H7BrNO2. The highest BCUT2D eigenvalue weighted by Crippen LogP contribution is 2.32. The lowest BCUT2D eigenvalue weighted by Crippen LogP contribution is -2.35. The number of carbonyl (C=O) groups excluding carboxylic acids is 1. The Bertz CT molecular complexity index is 365. The summed E-state index contributed by atoms with van der Waals surface area (Å²) in [5, 5.41) is 0. The molecule has 0 saturated carbocycles. The van der Waals surface area contributed by atoms with Crippen molar-refractivity contribution < 1.29 is 9.53 Å². The minimum Gasteiger partial charge on any atom is -0.482 e. The largest absolute Gasteiger partial charge is 0.482 e. The Labute approximate surface area is 84.4 Å². The number of ether oxygens (including phenoxy) is 1. The van der Waals surface area contributed by atoms with E-state index >= 15 is 0 Å². The molecule has 0 bridgehead atoms. The quantitative estimate of drug-likeness (QED) is 0.690. The number of nitrogens with zero attached hydrogens (tertiary/aromatic N) is 1. The Morgan fingerprint density at radius 2 is 2.46 bits per heavy atom. The van der Waals surface area contributed by atoms with E-state index in [4.69, 9.17) is 4.74 Å². The zero-order valence-electron chi connectivity index (χ0n) is 7.00. The molecule has 0 spiro atoms. The molecule has 1 radical (unpaired) electrons. The van der Waals surface area contributed by atoms with E-state index in [-0.39, 0.29) is 12.5 Å². The summed E-state index contributed by atoms with van der Waals surface area (Å²) in [6.45, 7) is 0.111. The number of rotatable bonds is 0. The number of carbonyl (C=O) groups is 1. The van der Waals surface area contributed by atoms with E-state index in [1.165, 1.54) is 0 Å². The summed E-state index contributed by atoms with van der Waals surface area (Å²) >= 11 is 3.29. The van der Waals surface area contributed by atoms with Crippen molar-refractivity contribution in [3.63, 3.8) is 0 Å². The van der Waals surface area contributed by atoms with Gasteiger partial charge in [-0.25, -0.2) is 0 Å². The van der Waals surface area contributed by atoms with E-state index in [1.807, 2.05) is 0 Å². The highest BCUT2D eigenvalue weighted by atomic mass is 79.9. The fourth-order valence-corrected chi connectivity index (χ4v) is 1.51. The van der Waals surface area contributed by atoms with Crippen molar-refractivity contribution >= 4 is 27.5 Å². The monoisotopic (exact) mass is 240 g/mol. The number of anilines is 1. The van der Waals surface area contributed by atoms with Gasteiger partial charge in [-0.2, -0.15) is 0 Å². The third kappa shape index (κ3) is 1.42. The molecule has 13 heavy (non-hydrogen) atoms. The van der Waals surface area contributed by atoms with Crippen molar-refractivity contribution in [2.24, 2.45) is 0 Å². The molecule has 0 saturated heterocycles. The standard InChI is InChI=1S/C9H7BrNO2/c1-11-7-3-2-6(10)4-8(7)13-5-9(11)12/h3-4H,5H2,1H3. The Hall–Kier alpha value is -1.03. The summed E-state index contributed by atoms with van der Waals surface area (Å²) in [5.74, 6) is 0.677. The molecule has 0 atom stereocenters. The van der Waals surface area contributed by atoms with Crippen molar-refractivity contribution in [3.05, 3.63) is 22.7 Å². The van der Waals surface area contributed by atoms with Gasteiger partial charge in [0.2, 0.25) is 0 Å². The molecular weight excluding hydrogens is 234 g/mol. The zero-order chi connectivity index (χ0) is 9.42. The van der Waals surface area contributed by atoms with Gasteiger partial charge >= 0.3 is 0 Å². The van der Waals surface area contributed by atoms with Crippen LogP contribution >= 0.6 is 15.9 Å². The molecule has 3 nitrogen and oxygen atoms in total. The van der Waals surface area contributed by atoms with Crippen molar-refractivity contribution in [1.29, 1.82) is 0 Å². The molecule has 0 fully saturated rings. The predicted octanol–water partition coefficient (Wildman–Crippen LogP) is 1.60. The van der Waals surface area contributed by atoms with Crippen LogP contribution in [0.2, 0.25) is 0 Å². The topological polar surface area (TPSA) is 29.5 Å². The van der Waals surface area contributed by atoms with E-state index in [9.17, 15) is 4.79 Å². The van der Waals surface area contributed by atoms with Gasteiger partial charge in [0.15, 0.2) is 6.61 Å². The normalized spacial score (nSPS) is 15.2. The van der Waals surface area contributed by atoms with Crippen LogP contribution in [0.25, 0.3) is 0 Å². The first kappa shape index (κ1) is 8.56. The predicted molar refractivity (Wildman–Crippen MR) is 51.9 cm³/mol. The highest BCUT2D eigenvalue weighted by Gasteiger charge is 2.21. The third-order valence-corrected chi connectivity index (χ3v) is 2.40. The molecule has 0 unspecified atom stereocenters. The van der Waals surface area contributed by atoms with E-state index in [2.05, 4.69) is 22.0 Å². The lowest BCUT2D eigenvalue weighted by Gasteiger charge is -2.25. The van der Waals surface area contributed by atoms with Crippen molar-refractivity contribution in [2.75, 3.05) is 18.6 Å². The maximum absolute atomic E-state index is 11.2. The first-order valence-corrected chi connectivity index (χ1v) is 4.58. The summed E-state index contributed by atoms with van der Waals surface area (Å²) in [6, 6.07) is 6.49. The molecule has 4 heteroatoms. The van der Waals surface area contributed by atoms with Gasteiger partial charge in [-0.3, -0.25) is 4.79 Å². The number of fused-ring (bicyclic) bond motifs is 1. The van der Waals surface area contributed by atoms with E-state index < -0.39 is 0 Å². The number of amides is 1. The van der Waals surface area contributed by atoms with Gasteiger partial charge in [0, 0.05) is 11.5 Å². The number of halogens is 1. The number of hydrogen-bond acceptors (Lipinski definition) is 2. The van der Waals surface area contributed by atoms with E-state index in [0.717, 1.165) is 10.2 Å². The Morgan fingerprint density at radius 3 is 3.23 bits per heavy atom. The molecule has 1 aliphatic rings. The fourth-order valence-electron chi connectivity index (χ4n) is 1.19. The molecule has 1 heterocycles. The Morgan fingerprint density at radius 1 is 1.69 bits per heavy atom.